The molecule has 0 bridgehead atoms. The summed E-state index contributed by atoms with van der Waals surface area (Å²) in [4.78, 5) is 4.41. The first-order chi connectivity index (χ1) is 9.36. The minimum Gasteiger partial charge on any atom is -0.256 e. The van der Waals surface area contributed by atoms with Crippen molar-refractivity contribution in [3.8, 4) is 11.1 Å². The molecule has 2 aromatic carbocycles. The van der Waals surface area contributed by atoms with Gasteiger partial charge in [0, 0.05) is 11.6 Å². The van der Waals surface area contributed by atoms with Crippen molar-refractivity contribution in [2.75, 3.05) is 0 Å². The molecular formula is C18H17N. The third kappa shape index (κ3) is 2.50. The number of nitrogens with zero attached hydrogens (tertiary/aromatic N) is 1. The van der Waals surface area contributed by atoms with Gasteiger partial charge in [-0.15, -0.1) is 0 Å². The van der Waals surface area contributed by atoms with Gasteiger partial charge in [-0.25, -0.2) is 0 Å². The first-order valence-corrected chi connectivity index (χ1v) is 6.81. The Bertz CT molecular complexity index is 683. The van der Waals surface area contributed by atoms with E-state index in [1.165, 1.54) is 28.5 Å². The molecule has 0 atom stereocenters. The van der Waals surface area contributed by atoms with Crippen molar-refractivity contribution in [3.05, 3.63) is 66.4 Å². The predicted molar refractivity (Wildman–Crippen MR) is 81.2 cm³/mol. The topological polar surface area (TPSA) is 12.9 Å². The normalized spacial score (nSPS) is 10.8. The van der Waals surface area contributed by atoms with Crippen molar-refractivity contribution in [1.82, 2.24) is 4.98 Å². The van der Waals surface area contributed by atoms with Crippen LogP contribution in [0.1, 0.15) is 18.9 Å². The standard InChI is InChI=1S/C18H17N/c1-2-4-14-6-8-15(9-7-14)17-11-10-16-5-3-12-19-18(16)13-17/h3,5-13H,2,4H2,1H3. The van der Waals surface area contributed by atoms with Crippen LogP contribution in [0.3, 0.4) is 0 Å². The molecule has 0 amide bonds. The van der Waals surface area contributed by atoms with Crippen LogP contribution in [0, 0.1) is 0 Å². The van der Waals surface area contributed by atoms with E-state index in [1.54, 1.807) is 0 Å². The Morgan fingerprint density at radius 2 is 1.68 bits per heavy atom. The lowest BCUT2D eigenvalue weighted by atomic mass is 10.0. The summed E-state index contributed by atoms with van der Waals surface area (Å²) in [6, 6.07) is 19.4. The van der Waals surface area contributed by atoms with Gasteiger partial charge in [0.2, 0.25) is 0 Å². The van der Waals surface area contributed by atoms with Gasteiger partial charge in [0.05, 0.1) is 5.52 Å². The Labute approximate surface area is 113 Å². The second kappa shape index (κ2) is 5.23. The molecule has 0 saturated carbocycles. The van der Waals surface area contributed by atoms with E-state index in [2.05, 4.69) is 60.4 Å². The fourth-order valence-corrected chi connectivity index (χ4v) is 2.40. The molecule has 0 fully saturated rings. The molecule has 0 saturated heterocycles. The number of benzene rings is 2. The van der Waals surface area contributed by atoms with Gasteiger partial charge >= 0.3 is 0 Å². The first-order valence-electron chi connectivity index (χ1n) is 6.81. The number of hydrogen-bond acceptors (Lipinski definition) is 1. The molecule has 1 nitrogen and oxygen atoms in total. The van der Waals surface area contributed by atoms with E-state index >= 15 is 0 Å². The van der Waals surface area contributed by atoms with Crippen molar-refractivity contribution in [2.24, 2.45) is 0 Å². The van der Waals surface area contributed by atoms with Crippen LogP contribution in [0.2, 0.25) is 0 Å². The fourth-order valence-electron chi connectivity index (χ4n) is 2.40. The molecule has 0 radical (unpaired) electrons. The van der Waals surface area contributed by atoms with Crippen LogP contribution < -0.4 is 0 Å². The minimum atomic E-state index is 1.05. The van der Waals surface area contributed by atoms with Crippen molar-refractivity contribution < 1.29 is 0 Å². The molecule has 0 spiro atoms. The van der Waals surface area contributed by atoms with Crippen LogP contribution in [0.4, 0.5) is 0 Å². The average molecular weight is 247 g/mol. The zero-order valence-corrected chi connectivity index (χ0v) is 11.1. The molecule has 0 aliphatic carbocycles. The van der Waals surface area contributed by atoms with Gasteiger partial charge in [0.25, 0.3) is 0 Å². The number of pyridine rings is 1. The van der Waals surface area contributed by atoms with Crippen LogP contribution in [0.5, 0.6) is 0 Å². The van der Waals surface area contributed by atoms with E-state index in [0.717, 1.165) is 11.9 Å². The Balaban J connectivity index is 1.99. The summed E-state index contributed by atoms with van der Waals surface area (Å²) in [5, 5.41) is 1.19. The molecule has 1 heteroatoms. The highest BCUT2D eigenvalue weighted by Crippen LogP contribution is 2.23. The second-order valence-corrected chi connectivity index (χ2v) is 4.86. The summed E-state index contributed by atoms with van der Waals surface area (Å²) in [5.41, 5.74) is 4.95. The van der Waals surface area contributed by atoms with Gasteiger partial charge in [0.15, 0.2) is 0 Å². The first kappa shape index (κ1) is 11.9. The maximum absolute atomic E-state index is 4.41. The third-order valence-corrected chi connectivity index (χ3v) is 3.43. The van der Waals surface area contributed by atoms with Gasteiger partial charge in [-0.2, -0.15) is 0 Å². The predicted octanol–water partition coefficient (Wildman–Crippen LogP) is 4.85. The number of rotatable bonds is 3. The zero-order valence-electron chi connectivity index (χ0n) is 11.1. The highest BCUT2D eigenvalue weighted by molar-refractivity contribution is 5.84. The molecule has 0 N–H and O–H groups in total. The summed E-state index contributed by atoms with van der Waals surface area (Å²) >= 11 is 0. The molecule has 3 rings (SSSR count). The summed E-state index contributed by atoms with van der Waals surface area (Å²) in [6.45, 7) is 2.21. The zero-order chi connectivity index (χ0) is 13.1. The van der Waals surface area contributed by atoms with Crippen LogP contribution in [-0.2, 0) is 6.42 Å². The van der Waals surface area contributed by atoms with Gasteiger partial charge in [-0.05, 0) is 35.2 Å². The number of aromatic nitrogens is 1. The van der Waals surface area contributed by atoms with Gasteiger partial charge in [-0.3, -0.25) is 4.98 Å². The van der Waals surface area contributed by atoms with E-state index < -0.39 is 0 Å². The number of fused-ring (bicyclic) bond motifs is 1. The molecule has 19 heavy (non-hydrogen) atoms. The van der Waals surface area contributed by atoms with Gasteiger partial charge < -0.3 is 0 Å². The van der Waals surface area contributed by atoms with E-state index in [4.69, 9.17) is 0 Å². The van der Waals surface area contributed by atoms with Crippen LogP contribution in [0.25, 0.3) is 22.0 Å². The molecule has 94 valence electrons. The lowest BCUT2D eigenvalue weighted by Crippen LogP contribution is -1.84. The molecular weight excluding hydrogens is 230 g/mol. The van der Waals surface area contributed by atoms with E-state index in [-0.39, 0.29) is 0 Å². The minimum absolute atomic E-state index is 1.05. The summed E-state index contributed by atoms with van der Waals surface area (Å²) in [5.74, 6) is 0. The highest BCUT2D eigenvalue weighted by Gasteiger charge is 2.00. The Hall–Kier alpha value is -2.15. The third-order valence-electron chi connectivity index (χ3n) is 3.43. The lowest BCUT2D eigenvalue weighted by molar-refractivity contribution is 0.922. The molecule has 0 aliphatic rings. The summed E-state index contributed by atoms with van der Waals surface area (Å²) in [7, 11) is 0. The van der Waals surface area contributed by atoms with Crippen molar-refractivity contribution in [1.29, 1.82) is 0 Å². The quantitative estimate of drug-likeness (QED) is 0.644. The maximum atomic E-state index is 4.41. The highest BCUT2D eigenvalue weighted by atomic mass is 14.6. The smallest absolute Gasteiger partial charge is 0.0708 e. The van der Waals surface area contributed by atoms with E-state index in [9.17, 15) is 0 Å². The largest absolute Gasteiger partial charge is 0.256 e. The maximum Gasteiger partial charge on any atom is 0.0708 e. The Morgan fingerprint density at radius 3 is 2.47 bits per heavy atom. The monoisotopic (exact) mass is 247 g/mol. The van der Waals surface area contributed by atoms with Crippen molar-refractivity contribution >= 4 is 10.9 Å². The molecule has 1 heterocycles. The summed E-state index contributed by atoms with van der Waals surface area (Å²) in [6.07, 6.45) is 4.19. The van der Waals surface area contributed by atoms with Crippen LogP contribution in [-0.4, -0.2) is 4.98 Å². The van der Waals surface area contributed by atoms with Crippen LogP contribution >= 0.6 is 0 Å². The number of aryl methyl sites for hydroxylation is 1. The van der Waals surface area contributed by atoms with Crippen molar-refractivity contribution in [3.63, 3.8) is 0 Å². The van der Waals surface area contributed by atoms with Gasteiger partial charge in [0.1, 0.15) is 0 Å². The van der Waals surface area contributed by atoms with E-state index in [1.807, 2.05) is 12.3 Å². The average Bonchev–Trinajstić information content (AvgIpc) is 2.48. The Kier molecular flexibility index (Phi) is 3.28. The molecule has 0 unspecified atom stereocenters. The van der Waals surface area contributed by atoms with Crippen molar-refractivity contribution in [2.45, 2.75) is 19.8 Å². The SMILES string of the molecule is CCCc1ccc(-c2ccc3cccnc3c2)cc1. The number of hydrogen-bond donors (Lipinski definition) is 0. The summed E-state index contributed by atoms with van der Waals surface area (Å²) < 4.78 is 0. The lowest BCUT2D eigenvalue weighted by Gasteiger charge is -2.05. The molecule has 1 aromatic heterocycles. The van der Waals surface area contributed by atoms with Crippen LogP contribution in [0.15, 0.2) is 60.8 Å². The van der Waals surface area contributed by atoms with Gasteiger partial charge in [-0.1, -0.05) is 55.8 Å². The molecule has 0 aliphatic heterocycles. The fraction of sp³-hybridized carbons (Fsp3) is 0.167. The second-order valence-electron chi connectivity index (χ2n) is 4.86. The molecule has 3 aromatic rings. The Morgan fingerprint density at radius 1 is 0.895 bits per heavy atom. The van der Waals surface area contributed by atoms with E-state index in [0.29, 0.717) is 0 Å².